The first-order valence-corrected chi connectivity index (χ1v) is 19.7. The highest BCUT2D eigenvalue weighted by Crippen LogP contribution is 2.53. The minimum absolute atomic E-state index is 0.503. The average molecular weight is 705 g/mol. The third-order valence-electron chi connectivity index (χ3n) is 10.4. The van der Waals surface area contributed by atoms with Gasteiger partial charge in [-0.3, -0.25) is 0 Å². The molecule has 2 aliphatic carbocycles. The van der Waals surface area contributed by atoms with Crippen molar-refractivity contribution in [1.82, 2.24) is 0 Å². The summed E-state index contributed by atoms with van der Waals surface area (Å²) in [7, 11) is 0. The summed E-state index contributed by atoms with van der Waals surface area (Å²) < 4.78 is 2.65. The first-order chi connectivity index (χ1) is 25.8. The van der Waals surface area contributed by atoms with Crippen LogP contribution in [0.1, 0.15) is 30.7 Å². The van der Waals surface area contributed by atoms with Crippen molar-refractivity contribution in [1.29, 1.82) is 0 Å². The zero-order chi connectivity index (χ0) is 34.4. The number of hydrogen-bond donors (Lipinski definition) is 0. The van der Waals surface area contributed by atoms with Crippen LogP contribution in [0.3, 0.4) is 0 Å². The Bertz CT molecular complexity index is 2570. The van der Waals surface area contributed by atoms with E-state index in [2.05, 4.69) is 186 Å². The number of benzene rings is 6. The van der Waals surface area contributed by atoms with Gasteiger partial charge in [0, 0.05) is 65.1 Å². The lowest BCUT2D eigenvalue weighted by Gasteiger charge is -2.28. The third-order valence-corrected chi connectivity index (χ3v) is 12.8. The molecule has 0 saturated carbocycles. The molecule has 2 nitrogen and oxygen atoms in total. The number of nitrogens with zero attached hydrogens (tertiary/aromatic N) is 2. The van der Waals surface area contributed by atoms with Gasteiger partial charge in [0.2, 0.25) is 0 Å². The predicted octanol–water partition coefficient (Wildman–Crippen LogP) is 14.6. The van der Waals surface area contributed by atoms with Crippen molar-refractivity contribution in [3.63, 3.8) is 0 Å². The molecule has 1 unspecified atom stereocenters. The Morgan fingerprint density at radius 3 is 2.00 bits per heavy atom. The highest BCUT2D eigenvalue weighted by molar-refractivity contribution is 8.03. The molecule has 0 N–H and O–H groups in total. The first-order valence-electron chi connectivity index (χ1n) is 18.1. The molecule has 0 radical (unpaired) electrons. The van der Waals surface area contributed by atoms with E-state index in [1.54, 1.807) is 0 Å². The Hall–Kier alpha value is -5.55. The summed E-state index contributed by atoms with van der Waals surface area (Å²) in [6.45, 7) is 0. The van der Waals surface area contributed by atoms with Gasteiger partial charge < -0.3 is 9.80 Å². The molecule has 1 aromatic heterocycles. The summed E-state index contributed by atoms with van der Waals surface area (Å²) in [6.07, 6.45) is 16.9. The van der Waals surface area contributed by atoms with Gasteiger partial charge in [0.25, 0.3) is 0 Å². The zero-order valence-corrected chi connectivity index (χ0v) is 30.3. The van der Waals surface area contributed by atoms with E-state index in [-0.39, 0.29) is 0 Å². The van der Waals surface area contributed by atoms with Crippen molar-refractivity contribution < 1.29 is 0 Å². The summed E-state index contributed by atoms with van der Waals surface area (Å²) in [5.41, 5.74) is 10.9. The van der Waals surface area contributed by atoms with Gasteiger partial charge in [0.05, 0.1) is 0 Å². The summed E-state index contributed by atoms with van der Waals surface area (Å²) in [4.78, 5) is 7.61. The fourth-order valence-electron chi connectivity index (χ4n) is 7.86. The van der Waals surface area contributed by atoms with Crippen molar-refractivity contribution in [2.45, 2.75) is 30.1 Å². The van der Waals surface area contributed by atoms with Crippen LogP contribution in [0.5, 0.6) is 0 Å². The highest BCUT2D eigenvalue weighted by atomic mass is 32.2. The topological polar surface area (TPSA) is 6.48 Å². The Morgan fingerprint density at radius 2 is 1.21 bits per heavy atom. The van der Waals surface area contributed by atoms with Crippen molar-refractivity contribution in [3.05, 3.63) is 192 Å². The molecule has 10 rings (SSSR count). The minimum Gasteiger partial charge on any atom is -0.311 e. The van der Waals surface area contributed by atoms with Crippen LogP contribution in [-0.4, -0.2) is 0 Å². The monoisotopic (exact) mass is 704 g/mol. The van der Waals surface area contributed by atoms with E-state index in [0.717, 1.165) is 36.3 Å². The fraction of sp³-hybridized carbons (Fsp3) is 0.0833. The molecule has 0 spiro atoms. The van der Waals surface area contributed by atoms with Gasteiger partial charge in [-0.15, -0.1) is 11.3 Å². The second-order valence-corrected chi connectivity index (χ2v) is 15.8. The SMILES string of the molecule is C1=CCC2C(=C1)Sc1cc(N(c3ccccc3)c3ccc(-c4ccc(N(C5=CCCC=C5)c5ccc6c(c5)sc5ccccc56)cc4)cc3)ccc12. The summed E-state index contributed by atoms with van der Waals surface area (Å²) in [6, 6.07) is 51.5. The number of rotatable bonds is 7. The maximum Gasteiger partial charge on any atom is 0.0475 e. The van der Waals surface area contributed by atoms with E-state index in [4.69, 9.17) is 0 Å². The van der Waals surface area contributed by atoms with Gasteiger partial charge >= 0.3 is 0 Å². The third kappa shape index (κ3) is 5.60. The Morgan fingerprint density at radius 1 is 0.538 bits per heavy atom. The summed E-state index contributed by atoms with van der Waals surface area (Å²) >= 11 is 3.80. The molecule has 7 aromatic rings. The molecule has 3 aliphatic rings. The van der Waals surface area contributed by atoms with Crippen molar-refractivity contribution in [2.75, 3.05) is 9.80 Å². The standard InChI is InChI=1S/C48H36N2S2/c1-3-11-35(12-4-1)49(39-27-29-43-41-15-7-9-17-45(41)51-47(43)31-39)37-23-19-33(20-24-37)34-21-25-38(26-22-34)50(36-13-5-2-6-14-36)40-28-30-44-42-16-8-10-18-46(42)52-48(44)32-40/h1,3-5,7-14,16-32,41H,2,6,15H2. The summed E-state index contributed by atoms with van der Waals surface area (Å²) in [5.74, 6) is 0.503. The van der Waals surface area contributed by atoms with Crippen LogP contribution >= 0.6 is 23.1 Å². The normalized spacial score (nSPS) is 16.0. The van der Waals surface area contributed by atoms with Crippen LogP contribution < -0.4 is 9.80 Å². The molecular formula is C48H36N2S2. The minimum atomic E-state index is 0.503. The average Bonchev–Trinajstić information content (AvgIpc) is 3.77. The number of thiophene rings is 1. The summed E-state index contributed by atoms with van der Waals surface area (Å²) in [5, 5.41) is 2.66. The molecular weight excluding hydrogens is 669 g/mol. The Labute approximate surface area is 313 Å². The van der Waals surface area contributed by atoms with E-state index in [1.165, 1.54) is 63.7 Å². The number of allylic oxidation sites excluding steroid dienone is 7. The van der Waals surface area contributed by atoms with Gasteiger partial charge in [0.15, 0.2) is 0 Å². The predicted molar refractivity (Wildman–Crippen MR) is 225 cm³/mol. The molecule has 0 saturated heterocycles. The molecule has 0 bridgehead atoms. The highest BCUT2D eigenvalue weighted by Gasteiger charge is 2.29. The lowest BCUT2D eigenvalue weighted by atomic mass is 9.92. The Balaban J connectivity index is 0.966. The number of anilines is 5. The van der Waals surface area contributed by atoms with E-state index >= 15 is 0 Å². The second kappa shape index (κ2) is 13.2. The van der Waals surface area contributed by atoms with E-state index in [9.17, 15) is 0 Å². The first kappa shape index (κ1) is 31.2. The van der Waals surface area contributed by atoms with Crippen LogP contribution in [0.15, 0.2) is 191 Å². The number of fused-ring (bicyclic) bond motifs is 6. The lowest BCUT2D eigenvalue weighted by Crippen LogP contribution is -2.16. The van der Waals surface area contributed by atoms with Gasteiger partial charge in [-0.25, -0.2) is 0 Å². The largest absolute Gasteiger partial charge is 0.311 e. The maximum absolute atomic E-state index is 2.40. The lowest BCUT2D eigenvalue weighted by molar-refractivity contribution is 0.837. The second-order valence-electron chi connectivity index (χ2n) is 13.6. The number of hydrogen-bond acceptors (Lipinski definition) is 4. The molecule has 52 heavy (non-hydrogen) atoms. The number of thioether (sulfide) groups is 1. The Kier molecular flexibility index (Phi) is 7.93. The smallest absolute Gasteiger partial charge is 0.0475 e. The molecule has 0 fully saturated rings. The van der Waals surface area contributed by atoms with E-state index in [1.807, 2.05) is 23.1 Å². The van der Waals surface area contributed by atoms with Gasteiger partial charge in [-0.1, -0.05) is 115 Å². The van der Waals surface area contributed by atoms with Crippen LogP contribution in [0, 0.1) is 0 Å². The van der Waals surface area contributed by atoms with Gasteiger partial charge in [-0.05, 0) is 114 Å². The molecule has 2 heterocycles. The zero-order valence-electron chi connectivity index (χ0n) is 28.7. The van der Waals surface area contributed by atoms with E-state index < -0.39 is 0 Å². The van der Waals surface area contributed by atoms with Crippen LogP contribution in [0.25, 0.3) is 31.3 Å². The van der Waals surface area contributed by atoms with Crippen LogP contribution in [-0.2, 0) is 0 Å². The van der Waals surface area contributed by atoms with Crippen molar-refractivity contribution >= 4 is 71.7 Å². The molecule has 1 atom stereocenters. The van der Waals surface area contributed by atoms with Crippen LogP contribution in [0.2, 0.25) is 0 Å². The van der Waals surface area contributed by atoms with Gasteiger partial charge in [-0.2, -0.15) is 0 Å². The number of para-hydroxylation sites is 1. The quantitative estimate of drug-likeness (QED) is 0.163. The molecule has 250 valence electrons. The van der Waals surface area contributed by atoms with Crippen molar-refractivity contribution in [3.8, 4) is 11.1 Å². The fourth-order valence-corrected chi connectivity index (χ4v) is 10.3. The van der Waals surface area contributed by atoms with Gasteiger partial charge in [0.1, 0.15) is 0 Å². The maximum atomic E-state index is 2.40. The molecule has 1 aliphatic heterocycles. The molecule has 4 heteroatoms. The molecule has 6 aromatic carbocycles. The van der Waals surface area contributed by atoms with Crippen molar-refractivity contribution in [2.24, 2.45) is 0 Å². The van der Waals surface area contributed by atoms with Crippen LogP contribution in [0.4, 0.5) is 28.4 Å². The van der Waals surface area contributed by atoms with E-state index in [0.29, 0.717) is 5.92 Å². The molecule has 0 amide bonds.